The maximum atomic E-state index is 9.81. The van der Waals surface area contributed by atoms with E-state index in [2.05, 4.69) is 31.2 Å². The third-order valence-corrected chi connectivity index (χ3v) is 4.74. The van der Waals surface area contributed by atoms with E-state index in [1.165, 1.54) is 18.9 Å². The van der Waals surface area contributed by atoms with Crippen LogP contribution in [-0.2, 0) is 0 Å². The third-order valence-electron chi connectivity index (χ3n) is 3.44. The molecule has 0 bridgehead atoms. The quantitative estimate of drug-likeness (QED) is 0.500. The predicted molar refractivity (Wildman–Crippen MR) is 103 cm³/mol. The summed E-state index contributed by atoms with van der Waals surface area (Å²) in [7, 11) is 1.50. The van der Waals surface area contributed by atoms with Crippen LogP contribution in [0, 0.1) is 0 Å². The van der Waals surface area contributed by atoms with E-state index < -0.39 is 0 Å². The average Bonchev–Trinajstić information content (AvgIpc) is 3.04. The Hall–Kier alpha value is -2.32. The first-order valence-corrected chi connectivity index (χ1v) is 9.31. The molecule has 0 amide bonds. The van der Waals surface area contributed by atoms with Crippen LogP contribution < -0.4 is 4.74 Å². The predicted octanol–water partition coefficient (Wildman–Crippen LogP) is 4.03. The number of ether oxygens (including phenoxy) is 1. The Labute approximate surface area is 157 Å². The van der Waals surface area contributed by atoms with Crippen LogP contribution in [0.15, 0.2) is 57.2 Å². The Morgan fingerprint density at radius 3 is 2.68 bits per heavy atom. The van der Waals surface area contributed by atoms with Crippen LogP contribution >= 0.6 is 27.7 Å². The maximum absolute atomic E-state index is 9.81. The molecule has 0 aliphatic rings. The van der Waals surface area contributed by atoms with Gasteiger partial charge in [-0.1, -0.05) is 42.1 Å². The molecule has 6 nitrogen and oxygen atoms in total. The molecular formula is C17H15BrN4O2S. The van der Waals surface area contributed by atoms with E-state index in [0.29, 0.717) is 21.2 Å². The number of hydrogen-bond donors (Lipinski definition) is 1. The van der Waals surface area contributed by atoms with Crippen molar-refractivity contribution in [3.8, 4) is 22.9 Å². The van der Waals surface area contributed by atoms with Crippen molar-refractivity contribution in [3.63, 3.8) is 0 Å². The zero-order chi connectivity index (χ0) is 17.8. The molecule has 0 fully saturated rings. The SMILES string of the molecule is COc1cc(C=Nn2c(SC)nnc2-c2ccccc2)c(Br)cc1O. The van der Waals surface area contributed by atoms with Crippen molar-refractivity contribution in [1.29, 1.82) is 0 Å². The zero-order valence-corrected chi connectivity index (χ0v) is 16.0. The molecule has 0 aliphatic heterocycles. The fourth-order valence-electron chi connectivity index (χ4n) is 2.21. The third kappa shape index (κ3) is 3.69. The first-order valence-electron chi connectivity index (χ1n) is 7.29. The second kappa shape index (κ2) is 7.71. The molecular weight excluding hydrogens is 404 g/mol. The van der Waals surface area contributed by atoms with Crippen LogP contribution in [0.1, 0.15) is 5.56 Å². The number of phenolic OH excluding ortho intramolecular Hbond substituents is 1. The van der Waals surface area contributed by atoms with Gasteiger partial charge in [-0.2, -0.15) is 9.78 Å². The number of aromatic hydroxyl groups is 1. The van der Waals surface area contributed by atoms with Crippen molar-refractivity contribution in [2.24, 2.45) is 5.10 Å². The van der Waals surface area contributed by atoms with Gasteiger partial charge in [0.1, 0.15) is 0 Å². The first-order chi connectivity index (χ1) is 12.1. The molecule has 3 aromatic rings. The molecule has 0 saturated carbocycles. The first kappa shape index (κ1) is 17.5. The largest absolute Gasteiger partial charge is 0.504 e. The van der Waals surface area contributed by atoms with Crippen LogP contribution in [-0.4, -0.2) is 39.6 Å². The standard InChI is InChI=1S/C17H15BrN4O2S/c1-24-15-8-12(13(18)9-14(15)23)10-19-22-16(20-21-17(22)25-2)11-6-4-3-5-7-11/h3-10,23H,1-2H3. The van der Waals surface area contributed by atoms with Gasteiger partial charge in [-0.05, 0) is 34.3 Å². The number of nitrogens with zero attached hydrogens (tertiary/aromatic N) is 4. The van der Waals surface area contributed by atoms with E-state index in [-0.39, 0.29) is 5.75 Å². The van der Waals surface area contributed by atoms with Crippen molar-refractivity contribution in [2.45, 2.75) is 5.16 Å². The smallest absolute Gasteiger partial charge is 0.212 e. The van der Waals surface area contributed by atoms with Gasteiger partial charge in [0.2, 0.25) is 5.16 Å². The Bertz CT molecular complexity index is 913. The van der Waals surface area contributed by atoms with Crippen LogP contribution in [0.3, 0.4) is 0 Å². The number of rotatable bonds is 5. The minimum absolute atomic E-state index is 0.0607. The van der Waals surface area contributed by atoms with Gasteiger partial charge in [0.25, 0.3) is 0 Å². The molecule has 0 radical (unpaired) electrons. The summed E-state index contributed by atoms with van der Waals surface area (Å²) in [6, 6.07) is 13.0. The number of aromatic nitrogens is 3. The van der Waals surface area contributed by atoms with Gasteiger partial charge in [-0.15, -0.1) is 10.2 Å². The minimum atomic E-state index is 0.0607. The Morgan fingerprint density at radius 1 is 1.24 bits per heavy atom. The number of thioether (sulfide) groups is 1. The van der Waals surface area contributed by atoms with Crippen LogP contribution in [0.2, 0.25) is 0 Å². The average molecular weight is 419 g/mol. The molecule has 128 valence electrons. The number of phenols is 1. The maximum Gasteiger partial charge on any atom is 0.212 e. The van der Waals surface area contributed by atoms with Crippen molar-refractivity contribution in [3.05, 3.63) is 52.5 Å². The van der Waals surface area contributed by atoms with Gasteiger partial charge in [0.15, 0.2) is 17.3 Å². The highest BCUT2D eigenvalue weighted by Gasteiger charge is 2.13. The normalized spacial score (nSPS) is 11.2. The highest BCUT2D eigenvalue weighted by atomic mass is 79.9. The summed E-state index contributed by atoms with van der Waals surface area (Å²) in [6.07, 6.45) is 3.59. The van der Waals surface area contributed by atoms with Gasteiger partial charge in [-0.3, -0.25) is 0 Å². The van der Waals surface area contributed by atoms with Crippen LogP contribution in [0.5, 0.6) is 11.5 Å². The molecule has 0 spiro atoms. The summed E-state index contributed by atoms with van der Waals surface area (Å²) in [6.45, 7) is 0. The number of methoxy groups -OCH3 is 1. The van der Waals surface area contributed by atoms with E-state index in [1.807, 2.05) is 36.6 Å². The van der Waals surface area contributed by atoms with Crippen LogP contribution in [0.25, 0.3) is 11.4 Å². The van der Waals surface area contributed by atoms with E-state index in [1.54, 1.807) is 23.0 Å². The van der Waals surface area contributed by atoms with Crippen LogP contribution in [0.4, 0.5) is 0 Å². The molecule has 1 aromatic heterocycles. The van der Waals surface area contributed by atoms with Crippen molar-refractivity contribution >= 4 is 33.9 Å². The minimum Gasteiger partial charge on any atom is -0.504 e. The van der Waals surface area contributed by atoms with E-state index >= 15 is 0 Å². The van der Waals surface area contributed by atoms with Crippen molar-refractivity contribution < 1.29 is 9.84 Å². The van der Waals surface area contributed by atoms with Gasteiger partial charge < -0.3 is 9.84 Å². The molecule has 0 unspecified atom stereocenters. The topological polar surface area (TPSA) is 72.5 Å². The fourth-order valence-corrected chi connectivity index (χ4v) is 3.07. The number of benzene rings is 2. The molecule has 3 rings (SSSR count). The molecule has 25 heavy (non-hydrogen) atoms. The molecule has 8 heteroatoms. The van der Waals surface area contributed by atoms with E-state index in [9.17, 15) is 5.11 Å². The number of halogens is 1. The van der Waals surface area contributed by atoms with E-state index in [0.717, 1.165) is 11.1 Å². The summed E-state index contributed by atoms with van der Waals surface area (Å²) in [5.41, 5.74) is 1.68. The highest BCUT2D eigenvalue weighted by Crippen LogP contribution is 2.31. The highest BCUT2D eigenvalue weighted by molar-refractivity contribution is 9.10. The Kier molecular flexibility index (Phi) is 5.40. The fraction of sp³-hybridized carbons (Fsp3) is 0.118. The lowest BCUT2D eigenvalue weighted by Crippen LogP contribution is -1.97. The van der Waals surface area contributed by atoms with Gasteiger partial charge in [0.05, 0.1) is 13.3 Å². The summed E-state index contributed by atoms with van der Waals surface area (Å²) >= 11 is 4.88. The monoisotopic (exact) mass is 418 g/mol. The number of hydrogen-bond acceptors (Lipinski definition) is 6. The van der Waals surface area contributed by atoms with Gasteiger partial charge >= 0.3 is 0 Å². The summed E-state index contributed by atoms with van der Waals surface area (Å²) < 4.78 is 7.54. The lowest BCUT2D eigenvalue weighted by atomic mass is 10.2. The van der Waals surface area contributed by atoms with Gasteiger partial charge in [-0.25, -0.2) is 0 Å². The molecule has 0 atom stereocenters. The second-order valence-corrected chi connectivity index (χ2v) is 6.61. The molecule has 0 saturated heterocycles. The van der Waals surface area contributed by atoms with E-state index in [4.69, 9.17) is 4.74 Å². The summed E-state index contributed by atoms with van der Waals surface area (Å²) in [4.78, 5) is 0. The molecule has 1 heterocycles. The van der Waals surface area contributed by atoms with Gasteiger partial charge in [0, 0.05) is 15.6 Å². The van der Waals surface area contributed by atoms with Crippen molar-refractivity contribution in [1.82, 2.24) is 14.9 Å². The summed E-state index contributed by atoms with van der Waals surface area (Å²) in [5, 5.41) is 23.4. The lowest BCUT2D eigenvalue weighted by Gasteiger charge is -2.07. The molecule has 0 aliphatic carbocycles. The van der Waals surface area contributed by atoms with Crippen molar-refractivity contribution in [2.75, 3.05) is 13.4 Å². The molecule has 2 aromatic carbocycles. The molecule has 1 N–H and O–H groups in total. The Morgan fingerprint density at radius 2 is 2.00 bits per heavy atom. The zero-order valence-electron chi connectivity index (χ0n) is 13.5. The Balaban J connectivity index is 2.03. The lowest BCUT2D eigenvalue weighted by molar-refractivity contribution is 0.373. The second-order valence-electron chi connectivity index (χ2n) is 4.98. The summed E-state index contributed by atoms with van der Waals surface area (Å²) in [5.74, 6) is 1.09.